The molecule has 4 nitrogen and oxygen atoms in total. The number of carbonyl (C=O) groups is 2. The van der Waals surface area contributed by atoms with E-state index in [1.165, 1.54) is 11.8 Å². The van der Waals surface area contributed by atoms with Crippen LogP contribution >= 0.6 is 0 Å². The number of aliphatic hydroxyl groups is 1. The minimum Gasteiger partial charge on any atom is -0.503 e. The second-order valence-electron chi connectivity index (χ2n) is 4.38. The first-order chi connectivity index (χ1) is 9.07. The van der Waals surface area contributed by atoms with Crippen molar-refractivity contribution in [2.45, 2.75) is 13.0 Å². The maximum absolute atomic E-state index is 12.0. The van der Waals surface area contributed by atoms with Crippen LogP contribution in [0, 0.1) is 0 Å². The third kappa shape index (κ3) is 2.17. The van der Waals surface area contributed by atoms with Crippen molar-refractivity contribution in [1.29, 1.82) is 0 Å². The minimum absolute atomic E-state index is 0.151. The highest BCUT2D eigenvalue weighted by Crippen LogP contribution is 2.37. The summed E-state index contributed by atoms with van der Waals surface area (Å²) in [5.74, 6) is -1.28. The van der Waals surface area contributed by atoms with E-state index in [0.717, 1.165) is 5.56 Å². The number of benzene rings is 1. The zero-order valence-corrected chi connectivity index (χ0v) is 10.7. The van der Waals surface area contributed by atoms with Crippen molar-refractivity contribution < 1.29 is 14.7 Å². The van der Waals surface area contributed by atoms with Gasteiger partial charge in [0.15, 0.2) is 11.5 Å². The number of aliphatic hydroxyl groups excluding tert-OH is 1. The van der Waals surface area contributed by atoms with Crippen LogP contribution in [-0.2, 0) is 9.59 Å². The smallest absolute Gasteiger partial charge is 0.290 e. The third-order valence-corrected chi connectivity index (χ3v) is 3.12. The lowest BCUT2D eigenvalue weighted by molar-refractivity contribution is -0.128. The summed E-state index contributed by atoms with van der Waals surface area (Å²) < 4.78 is 0. The van der Waals surface area contributed by atoms with Gasteiger partial charge in [-0.1, -0.05) is 36.4 Å². The Labute approximate surface area is 111 Å². The standard InChI is InChI=1S/C15H15NO3/c1-3-9-16-13(11-7-5-4-6-8-11)12(10(2)17)14(18)15(16)19/h3-8,13,18H,1,9H2,2H3/t13-/m1/s1. The van der Waals surface area contributed by atoms with Gasteiger partial charge < -0.3 is 10.0 Å². The van der Waals surface area contributed by atoms with Gasteiger partial charge in [0.25, 0.3) is 5.91 Å². The largest absolute Gasteiger partial charge is 0.503 e. The van der Waals surface area contributed by atoms with Crippen molar-refractivity contribution in [1.82, 2.24) is 4.90 Å². The molecule has 0 spiro atoms. The Balaban J connectivity index is 2.54. The van der Waals surface area contributed by atoms with Crippen LogP contribution in [-0.4, -0.2) is 28.2 Å². The molecule has 19 heavy (non-hydrogen) atoms. The number of amides is 1. The van der Waals surface area contributed by atoms with E-state index in [0.29, 0.717) is 0 Å². The molecule has 0 saturated heterocycles. The molecule has 0 radical (unpaired) electrons. The molecular formula is C15H15NO3. The number of nitrogens with zero attached hydrogens (tertiary/aromatic N) is 1. The van der Waals surface area contributed by atoms with Gasteiger partial charge in [0, 0.05) is 6.54 Å². The molecule has 1 N–H and O–H groups in total. The Morgan fingerprint density at radius 1 is 1.42 bits per heavy atom. The predicted molar refractivity (Wildman–Crippen MR) is 71.4 cm³/mol. The zero-order valence-electron chi connectivity index (χ0n) is 10.7. The van der Waals surface area contributed by atoms with Crippen LogP contribution in [0.15, 0.2) is 54.3 Å². The van der Waals surface area contributed by atoms with Crippen molar-refractivity contribution in [3.8, 4) is 0 Å². The number of Topliss-reactive ketones (excluding diaryl/α,β-unsaturated/α-hetero) is 1. The van der Waals surface area contributed by atoms with E-state index >= 15 is 0 Å². The quantitative estimate of drug-likeness (QED) is 0.841. The molecule has 1 aromatic carbocycles. The first kappa shape index (κ1) is 13.1. The Morgan fingerprint density at radius 3 is 2.58 bits per heavy atom. The second kappa shape index (κ2) is 5.10. The van der Waals surface area contributed by atoms with E-state index in [-0.39, 0.29) is 17.9 Å². The number of carbonyl (C=O) groups excluding carboxylic acids is 2. The first-order valence-electron chi connectivity index (χ1n) is 5.98. The number of hydrogen-bond donors (Lipinski definition) is 1. The Kier molecular flexibility index (Phi) is 3.51. The average molecular weight is 257 g/mol. The summed E-state index contributed by atoms with van der Waals surface area (Å²) >= 11 is 0. The molecule has 0 unspecified atom stereocenters. The van der Waals surface area contributed by atoms with E-state index in [9.17, 15) is 14.7 Å². The Morgan fingerprint density at radius 2 is 2.05 bits per heavy atom. The van der Waals surface area contributed by atoms with Crippen LogP contribution < -0.4 is 0 Å². The molecule has 2 rings (SSSR count). The highest BCUT2D eigenvalue weighted by atomic mass is 16.3. The normalized spacial score (nSPS) is 18.9. The van der Waals surface area contributed by atoms with E-state index in [4.69, 9.17) is 0 Å². The fraction of sp³-hybridized carbons (Fsp3) is 0.200. The van der Waals surface area contributed by atoms with Crippen molar-refractivity contribution in [3.63, 3.8) is 0 Å². The van der Waals surface area contributed by atoms with Gasteiger partial charge in [-0.05, 0) is 12.5 Å². The number of ketones is 1. The number of rotatable bonds is 4. The van der Waals surface area contributed by atoms with Crippen LogP contribution in [0.2, 0.25) is 0 Å². The zero-order chi connectivity index (χ0) is 14.0. The van der Waals surface area contributed by atoms with Crippen molar-refractivity contribution in [3.05, 3.63) is 59.9 Å². The lowest BCUT2D eigenvalue weighted by Gasteiger charge is -2.25. The van der Waals surface area contributed by atoms with Crippen LogP contribution in [0.1, 0.15) is 18.5 Å². The van der Waals surface area contributed by atoms with E-state index in [2.05, 4.69) is 6.58 Å². The van der Waals surface area contributed by atoms with Gasteiger partial charge in [0.2, 0.25) is 0 Å². The van der Waals surface area contributed by atoms with Gasteiger partial charge in [-0.25, -0.2) is 0 Å². The van der Waals surface area contributed by atoms with E-state index < -0.39 is 17.7 Å². The summed E-state index contributed by atoms with van der Waals surface area (Å²) in [4.78, 5) is 25.2. The molecule has 0 fully saturated rings. The van der Waals surface area contributed by atoms with Crippen LogP contribution in [0.5, 0.6) is 0 Å². The average Bonchev–Trinajstić information content (AvgIpc) is 2.65. The monoisotopic (exact) mass is 257 g/mol. The lowest BCUT2D eigenvalue weighted by Crippen LogP contribution is -2.31. The maximum atomic E-state index is 12.0. The highest BCUT2D eigenvalue weighted by molar-refractivity contribution is 6.08. The molecule has 1 amide bonds. The molecular weight excluding hydrogens is 242 g/mol. The van der Waals surface area contributed by atoms with Crippen LogP contribution in [0.3, 0.4) is 0 Å². The molecule has 1 atom stereocenters. The molecule has 1 aliphatic rings. The third-order valence-electron chi connectivity index (χ3n) is 3.12. The molecule has 0 bridgehead atoms. The fourth-order valence-electron chi connectivity index (χ4n) is 2.32. The molecule has 0 aliphatic carbocycles. The lowest BCUT2D eigenvalue weighted by atomic mass is 9.97. The first-order valence-corrected chi connectivity index (χ1v) is 5.98. The van der Waals surface area contributed by atoms with Crippen molar-refractivity contribution in [2.24, 2.45) is 0 Å². The minimum atomic E-state index is -0.538. The Bertz CT molecular complexity index is 560. The molecule has 98 valence electrons. The summed E-state index contributed by atoms with van der Waals surface area (Å²) in [5, 5.41) is 9.89. The summed E-state index contributed by atoms with van der Waals surface area (Å²) in [5.41, 5.74) is 0.949. The van der Waals surface area contributed by atoms with Gasteiger partial charge in [-0.3, -0.25) is 9.59 Å². The topological polar surface area (TPSA) is 57.6 Å². The Hall–Kier alpha value is -2.36. The van der Waals surface area contributed by atoms with Gasteiger partial charge in [0.1, 0.15) is 0 Å². The van der Waals surface area contributed by atoms with Crippen LogP contribution in [0.4, 0.5) is 0 Å². The van der Waals surface area contributed by atoms with Gasteiger partial charge in [-0.2, -0.15) is 0 Å². The van der Waals surface area contributed by atoms with Crippen molar-refractivity contribution in [2.75, 3.05) is 6.54 Å². The van der Waals surface area contributed by atoms with Gasteiger partial charge in [-0.15, -0.1) is 6.58 Å². The second-order valence-corrected chi connectivity index (χ2v) is 4.38. The molecule has 1 aliphatic heterocycles. The summed E-state index contributed by atoms with van der Waals surface area (Å²) in [7, 11) is 0. The fourth-order valence-corrected chi connectivity index (χ4v) is 2.32. The molecule has 1 aromatic rings. The summed E-state index contributed by atoms with van der Waals surface area (Å²) in [6.07, 6.45) is 1.57. The van der Waals surface area contributed by atoms with E-state index in [1.54, 1.807) is 6.08 Å². The van der Waals surface area contributed by atoms with Gasteiger partial charge >= 0.3 is 0 Å². The van der Waals surface area contributed by atoms with Crippen LogP contribution in [0.25, 0.3) is 0 Å². The molecule has 0 saturated carbocycles. The summed E-state index contributed by atoms with van der Waals surface area (Å²) in [6.45, 7) is 5.23. The van der Waals surface area contributed by atoms with E-state index in [1.807, 2.05) is 30.3 Å². The molecule has 4 heteroatoms. The number of hydrogen-bond acceptors (Lipinski definition) is 3. The highest BCUT2D eigenvalue weighted by Gasteiger charge is 2.41. The predicted octanol–water partition coefficient (Wildman–Crippen LogP) is 2.16. The summed E-state index contributed by atoms with van der Waals surface area (Å²) in [6, 6.07) is 8.64. The SMILES string of the molecule is C=CCN1C(=O)C(O)=C(C(C)=O)[C@H]1c1ccccc1. The van der Waals surface area contributed by atoms with Gasteiger partial charge in [0.05, 0.1) is 11.6 Å². The maximum Gasteiger partial charge on any atom is 0.290 e. The molecule has 0 aromatic heterocycles. The van der Waals surface area contributed by atoms with Crippen molar-refractivity contribution >= 4 is 11.7 Å². The molecule has 1 heterocycles.